The van der Waals surface area contributed by atoms with Gasteiger partial charge in [0.05, 0.1) is 5.75 Å². The van der Waals surface area contributed by atoms with Gasteiger partial charge in [0.1, 0.15) is 11.4 Å². The summed E-state index contributed by atoms with van der Waals surface area (Å²) >= 11 is 1.24. The molecule has 3 N–H and O–H groups in total. The number of nitrogens with one attached hydrogen (secondary N) is 3. The Morgan fingerprint density at radius 1 is 1.15 bits per heavy atom. The van der Waals surface area contributed by atoms with Crippen LogP contribution in [0.15, 0.2) is 9.68 Å². The van der Waals surface area contributed by atoms with Gasteiger partial charge in [-0.05, 0) is 27.7 Å². The van der Waals surface area contributed by atoms with Gasteiger partial charge in [0.15, 0.2) is 10.9 Å². The van der Waals surface area contributed by atoms with E-state index in [1.807, 2.05) is 13.8 Å². The molecule has 27 heavy (non-hydrogen) atoms. The number of thioether (sulfide) groups is 1. The predicted molar refractivity (Wildman–Crippen MR) is 102 cm³/mol. The predicted octanol–water partition coefficient (Wildman–Crippen LogP) is 1.72. The molecule has 0 saturated carbocycles. The molecular weight excluding hydrogens is 370 g/mol. The van der Waals surface area contributed by atoms with Gasteiger partial charge >= 0.3 is 0 Å². The fourth-order valence-corrected chi connectivity index (χ4v) is 3.09. The molecule has 3 heterocycles. The van der Waals surface area contributed by atoms with Crippen molar-refractivity contribution in [3.8, 4) is 0 Å². The van der Waals surface area contributed by atoms with Gasteiger partial charge in [-0.15, -0.1) is 10.2 Å². The lowest BCUT2D eigenvalue weighted by Crippen LogP contribution is -2.16. The average Bonchev–Trinajstić information content (AvgIpc) is 3.19. The number of nitrogens with zero attached hydrogens (tertiary/aromatic N) is 6. The molecule has 11 nitrogen and oxygen atoms in total. The van der Waals surface area contributed by atoms with Crippen LogP contribution in [-0.4, -0.2) is 54.5 Å². The number of hydrogen-bond acceptors (Lipinski definition) is 10. The molecule has 0 unspecified atom stereocenters. The number of aromatic nitrogens is 6. The summed E-state index contributed by atoms with van der Waals surface area (Å²) in [6.07, 6.45) is 0. The Labute approximate surface area is 159 Å². The van der Waals surface area contributed by atoms with E-state index in [-0.39, 0.29) is 11.7 Å². The topological polar surface area (TPSA) is 135 Å². The second-order valence-electron chi connectivity index (χ2n) is 5.59. The molecule has 0 bridgehead atoms. The second kappa shape index (κ2) is 8.20. The lowest BCUT2D eigenvalue weighted by molar-refractivity contribution is -0.113. The van der Waals surface area contributed by atoms with E-state index in [0.29, 0.717) is 53.1 Å². The van der Waals surface area contributed by atoms with Crippen LogP contribution >= 0.6 is 11.8 Å². The lowest BCUT2D eigenvalue weighted by atomic mass is 10.3. The van der Waals surface area contributed by atoms with Crippen molar-refractivity contribution in [1.82, 2.24) is 29.7 Å². The Morgan fingerprint density at radius 3 is 2.59 bits per heavy atom. The van der Waals surface area contributed by atoms with E-state index < -0.39 is 0 Å². The Balaban J connectivity index is 1.77. The van der Waals surface area contributed by atoms with Crippen LogP contribution in [0.4, 0.5) is 17.6 Å². The maximum atomic E-state index is 12.3. The van der Waals surface area contributed by atoms with Gasteiger partial charge < -0.3 is 20.5 Å². The highest BCUT2D eigenvalue weighted by molar-refractivity contribution is 7.99. The highest BCUT2D eigenvalue weighted by atomic mass is 32.2. The molecular formula is C15H21N9O2S. The summed E-state index contributed by atoms with van der Waals surface area (Å²) < 4.78 is 6.74. The molecule has 12 heteroatoms. The Kier molecular flexibility index (Phi) is 5.74. The van der Waals surface area contributed by atoms with Crippen LogP contribution in [0.3, 0.4) is 0 Å². The number of aryl methyl sites for hydroxylation is 2. The van der Waals surface area contributed by atoms with E-state index in [2.05, 4.69) is 41.3 Å². The van der Waals surface area contributed by atoms with E-state index in [0.717, 1.165) is 0 Å². The summed E-state index contributed by atoms with van der Waals surface area (Å²) in [5.41, 5.74) is 1.23. The van der Waals surface area contributed by atoms with Gasteiger partial charge in [0.25, 0.3) is 5.78 Å². The monoisotopic (exact) mass is 391 g/mol. The Morgan fingerprint density at radius 2 is 1.93 bits per heavy atom. The number of amides is 1. The third-order valence-corrected chi connectivity index (χ3v) is 4.47. The van der Waals surface area contributed by atoms with Crippen LogP contribution in [0.2, 0.25) is 0 Å². The third-order valence-electron chi connectivity index (χ3n) is 3.55. The van der Waals surface area contributed by atoms with Gasteiger partial charge in [0.2, 0.25) is 17.8 Å². The van der Waals surface area contributed by atoms with Crippen molar-refractivity contribution in [3.63, 3.8) is 0 Å². The minimum absolute atomic E-state index is 0.144. The minimum atomic E-state index is -0.193. The molecule has 0 aromatic carbocycles. The zero-order valence-electron chi connectivity index (χ0n) is 15.5. The van der Waals surface area contributed by atoms with E-state index >= 15 is 0 Å². The molecule has 0 aliphatic heterocycles. The normalized spacial score (nSPS) is 11.0. The highest BCUT2D eigenvalue weighted by Gasteiger charge is 2.17. The van der Waals surface area contributed by atoms with Crippen LogP contribution < -0.4 is 16.0 Å². The van der Waals surface area contributed by atoms with Gasteiger partial charge in [0, 0.05) is 13.1 Å². The fourth-order valence-electron chi connectivity index (χ4n) is 2.36. The first kappa shape index (κ1) is 18.9. The number of hydrogen-bond donors (Lipinski definition) is 3. The number of carbonyl (C=O) groups excluding carboxylic acids is 1. The lowest BCUT2D eigenvalue weighted by Gasteiger charge is -2.09. The number of fused-ring (bicyclic) bond motifs is 1. The summed E-state index contributed by atoms with van der Waals surface area (Å²) in [7, 11) is 0. The van der Waals surface area contributed by atoms with E-state index in [1.165, 1.54) is 11.8 Å². The molecule has 1 amide bonds. The first-order valence-electron chi connectivity index (χ1n) is 8.49. The fraction of sp³-hybridized carbons (Fsp3) is 0.467. The van der Waals surface area contributed by atoms with Gasteiger partial charge in [-0.25, -0.2) is 4.40 Å². The quantitative estimate of drug-likeness (QED) is 0.487. The number of rotatable bonds is 8. The van der Waals surface area contributed by atoms with Crippen LogP contribution in [0.5, 0.6) is 0 Å². The summed E-state index contributed by atoms with van der Waals surface area (Å²) in [4.78, 5) is 21.1. The summed E-state index contributed by atoms with van der Waals surface area (Å²) in [6.45, 7) is 8.81. The molecule has 0 aliphatic carbocycles. The Hall–Kier alpha value is -2.89. The molecule has 0 atom stereocenters. The van der Waals surface area contributed by atoms with Crippen LogP contribution in [0, 0.1) is 13.8 Å². The van der Waals surface area contributed by atoms with Gasteiger partial charge in [-0.3, -0.25) is 4.79 Å². The van der Waals surface area contributed by atoms with Crippen molar-refractivity contribution in [1.29, 1.82) is 0 Å². The standard InChI is InChI=1S/C15H21N9O2S/c1-5-16-12-19-13(17-6-2)24-14(20-12)21-22-15(24)27-7-10(25)18-11-8(3)23-26-9(11)4/h5-7H2,1-4H3,(H,18,25)(H2,16,17,19,20,21). The largest absolute Gasteiger partial charge is 0.359 e. The molecule has 0 aliphatic rings. The molecule has 3 aromatic rings. The van der Waals surface area contributed by atoms with E-state index in [9.17, 15) is 4.79 Å². The van der Waals surface area contributed by atoms with Crippen molar-refractivity contribution < 1.29 is 9.32 Å². The first-order chi connectivity index (χ1) is 13.0. The molecule has 0 radical (unpaired) electrons. The maximum Gasteiger partial charge on any atom is 0.261 e. The zero-order chi connectivity index (χ0) is 19.4. The minimum Gasteiger partial charge on any atom is -0.359 e. The van der Waals surface area contributed by atoms with Crippen molar-refractivity contribution in [2.45, 2.75) is 32.9 Å². The van der Waals surface area contributed by atoms with Crippen molar-refractivity contribution in [2.24, 2.45) is 0 Å². The smallest absolute Gasteiger partial charge is 0.261 e. The van der Waals surface area contributed by atoms with Gasteiger partial charge in [-0.1, -0.05) is 16.9 Å². The molecule has 0 fully saturated rings. The second-order valence-corrected chi connectivity index (χ2v) is 6.53. The summed E-state index contributed by atoms with van der Waals surface area (Å²) in [5, 5.41) is 21.6. The van der Waals surface area contributed by atoms with Gasteiger partial charge in [-0.2, -0.15) is 9.97 Å². The molecule has 3 rings (SSSR count). The zero-order valence-corrected chi connectivity index (χ0v) is 16.3. The number of carbonyl (C=O) groups is 1. The summed E-state index contributed by atoms with van der Waals surface area (Å²) in [5.74, 6) is 1.97. The third kappa shape index (κ3) is 4.10. The van der Waals surface area contributed by atoms with Crippen molar-refractivity contribution in [3.05, 3.63) is 11.5 Å². The summed E-state index contributed by atoms with van der Waals surface area (Å²) in [6, 6.07) is 0. The van der Waals surface area contributed by atoms with Crippen LogP contribution in [-0.2, 0) is 4.79 Å². The Bertz CT molecular complexity index is 933. The molecule has 0 spiro atoms. The maximum absolute atomic E-state index is 12.3. The van der Waals surface area contributed by atoms with Crippen molar-refractivity contribution in [2.75, 3.05) is 34.8 Å². The molecule has 0 saturated heterocycles. The van der Waals surface area contributed by atoms with E-state index in [1.54, 1.807) is 18.2 Å². The molecule has 144 valence electrons. The first-order valence-corrected chi connectivity index (χ1v) is 9.48. The van der Waals surface area contributed by atoms with Crippen molar-refractivity contribution >= 4 is 41.0 Å². The SMILES string of the molecule is CCNc1nc(NCC)n2c(SCC(=O)Nc3c(C)noc3C)nnc2n1. The van der Waals surface area contributed by atoms with Crippen LogP contribution in [0.1, 0.15) is 25.3 Å². The van der Waals surface area contributed by atoms with E-state index in [4.69, 9.17) is 4.52 Å². The highest BCUT2D eigenvalue weighted by Crippen LogP contribution is 2.22. The average molecular weight is 391 g/mol. The molecule has 3 aromatic heterocycles. The van der Waals surface area contributed by atoms with Crippen LogP contribution in [0.25, 0.3) is 5.78 Å². The number of anilines is 3.